The van der Waals surface area contributed by atoms with E-state index in [1.165, 1.54) is 45.1 Å². The quantitative estimate of drug-likeness (QED) is 0.508. The number of nitrogens with one attached hydrogen (secondary N) is 1. The van der Waals surface area contributed by atoms with Crippen LogP contribution in [-0.2, 0) is 0 Å². The van der Waals surface area contributed by atoms with E-state index in [4.69, 9.17) is 0 Å². The van der Waals surface area contributed by atoms with Gasteiger partial charge in [0, 0.05) is 6.54 Å². The molecule has 1 fully saturated rings. The Bertz CT molecular complexity index is 180. The summed E-state index contributed by atoms with van der Waals surface area (Å²) in [5.74, 6) is 2.87. The summed E-state index contributed by atoms with van der Waals surface area (Å²) in [6.45, 7) is 10.6. The van der Waals surface area contributed by atoms with E-state index >= 15 is 0 Å². The average molecular weight is 223 g/mol. The number of rotatable bonds is 7. The summed E-state index contributed by atoms with van der Waals surface area (Å²) in [6, 6.07) is 0. The van der Waals surface area contributed by atoms with Crippen LogP contribution in [0.15, 0.2) is 12.7 Å². The molecule has 16 heavy (non-hydrogen) atoms. The predicted molar refractivity (Wildman–Crippen MR) is 72.6 cm³/mol. The minimum atomic E-state index is 0.924. The van der Waals surface area contributed by atoms with Crippen molar-refractivity contribution in [2.45, 2.75) is 52.4 Å². The van der Waals surface area contributed by atoms with Gasteiger partial charge in [0.15, 0.2) is 0 Å². The Kier molecular flexibility index (Phi) is 6.79. The van der Waals surface area contributed by atoms with E-state index in [9.17, 15) is 0 Å². The highest BCUT2D eigenvalue weighted by Gasteiger charge is 2.21. The Hall–Kier alpha value is -0.300. The van der Waals surface area contributed by atoms with Gasteiger partial charge in [-0.3, -0.25) is 0 Å². The molecule has 0 aromatic rings. The van der Waals surface area contributed by atoms with Crippen molar-refractivity contribution in [1.82, 2.24) is 5.32 Å². The summed E-state index contributed by atoms with van der Waals surface area (Å²) >= 11 is 0. The molecular formula is C15H29N. The van der Waals surface area contributed by atoms with Gasteiger partial charge in [0.2, 0.25) is 0 Å². The van der Waals surface area contributed by atoms with Gasteiger partial charge < -0.3 is 5.32 Å². The lowest BCUT2D eigenvalue weighted by Gasteiger charge is -2.30. The first kappa shape index (κ1) is 13.8. The maximum Gasteiger partial charge on any atom is 0.0132 e. The molecule has 1 aliphatic carbocycles. The molecule has 1 atom stereocenters. The van der Waals surface area contributed by atoms with Crippen molar-refractivity contribution in [2.75, 3.05) is 13.1 Å². The average Bonchev–Trinajstić information content (AvgIpc) is 2.31. The van der Waals surface area contributed by atoms with Crippen LogP contribution >= 0.6 is 0 Å². The van der Waals surface area contributed by atoms with Gasteiger partial charge in [0.25, 0.3) is 0 Å². The van der Waals surface area contributed by atoms with Gasteiger partial charge in [0.05, 0.1) is 0 Å². The monoisotopic (exact) mass is 223 g/mol. The van der Waals surface area contributed by atoms with Gasteiger partial charge in [-0.2, -0.15) is 0 Å². The number of hydrogen-bond donors (Lipinski definition) is 1. The first-order valence-electron chi connectivity index (χ1n) is 7.07. The Balaban J connectivity index is 2.11. The molecule has 1 heteroatoms. The van der Waals surface area contributed by atoms with Crippen molar-refractivity contribution in [3.05, 3.63) is 12.7 Å². The van der Waals surface area contributed by atoms with Gasteiger partial charge in [-0.1, -0.05) is 39.2 Å². The molecule has 0 bridgehead atoms. The lowest BCUT2D eigenvalue weighted by Crippen LogP contribution is -2.27. The minimum absolute atomic E-state index is 0.924. The molecule has 0 aliphatic heterocycles. The highest BCUT2D eigenvalue weighted by Crippen LogP contribution is 2.32. The zero-order chi connectivity index (χ0) is 11.8. The zero-order valence-corrected chi connectivity index (χ0v) is 11.2. The molecule has 1 unspecified atom stereocenters. The van der Waals surface area contributed by atoms with Crippen LogP contribution in [0.25, 0.3) is 0 Å². The smallest absolute Gasteiger partial charge is 0.0132 e. The van der Waals surface area contributed by atoms with Crippen LogP contribution in [0.4, 0.5) is 0 Å². The molecule has 0 radical (unpaired) electrons. The summed E-state index contributed by atoms with van der Waals surface area (Å²) in [6.07, 6.45) is 10.6. The van der Waals surface area contributed by atoms with Crippen molar-refractivity contribution >= 4 is 0 Å². The van der Waals surface area contributed by atoms with Gasteiger partial charge in [-0.15, -0.1) is 6.58 Å². The molecule has 0 amide bonds. The molecule has 1 aliphatic rings. The van der Waals surface area contributed by atoms with E-state index in [1.54, 1.807) is 0 Å². The highest BCUT2D eigenvalue weighted by molar-refractivity contribution is 4.77. The molecule has 0 aromatic heterocycles. The fourth-order valence-corrected chi connectivity index (χ4v) is 2.80. The lowest BCUT2D eigenvalue weighted by molar-refractivity contribution is 0.235. The van der Waals surface area contributed by atoms with Crippen molar-refractivity contribution in [2.24, 2.45) is 17.8 Å². The van der Waals surface area contributed by atoms with Crippen molar-refractivity contribution < 1.29 is 0 Å². The molecule has 0 heterocycles. The van der Waals surface area contributed by atoms with Crippen LogP contribution in [0.3, 0.4) is 0 Å². The second-order valence-electron chi connectivity index (χ2n) is 5.58. The fraction of sp³-hybridized carbons (Fsp3) is 0.867. The van der Waals surface area contributed by atoms with Gasteiger partial charge >= 0.3 is 0 Å². The summed E-state index contributed by atoms with van der Waals surface area (Å²) in [5, 5.41) is 3.45. The predicted octanol–water partition coefficient (Wildman–Crippen LogP) is 4.00. The maximum absolute atomic E-state index is 3.73. The standard InChI is InChI=1S/C15H29N/c1-4-10-16-12-15-8-6-14(7-9-15)11-13(3)5-2/h4,13-16H,1,5-12H2,2-3H3. The molecule has 1 saturated carbocycles. The Morgan fingerprint density at radius 3 is 2.44 bits per heavy atom. The largest absolute Gasteiger partial charge is 0.313 e. The van der Waals surface area contributed by atoms with E-state index in [0.29, 0.717) is 0 Å². The Labute approximate surface area is 102 Å². The Morgan fingerprint density at radius 2 is 1.88 bits per heavy atom. The third-order valence-corrected chi connectivity index (χ3v) is 4.12. The third kappa shape index (κ3) is 5.16. The third-order valence-electron chi connectivity index (χ3n) is 4.12. The van der Waals surface area contributed by atoms with Crippen LogP contribution < -0.4 is 5.32 Å². The van der Waals surface area contributed by atoms with Gasteiger partial charge in [0.1, 0.15) is 0 Å². The van der Waals surface area contributed by atoms with E-state index in [0.717, 1.165) is 24.3 Å². The van der Waals surface area contributed by atoms with Crippen LogP contribution in [0.2, 0.25) is 0 Å². The topological polar surface area (TPSA) is 12.0 Å². The molecule has 0 aromatic carbocycles. The lowest BCUT2D eigenvalue weighted by atomic mass is 9.78. The summed E-state index contributed by atoms with van der Waals surface area (Å²) in [7, 11) is 0. The maximum atomic E-state index is 3.73. The van der Waals surface area contributed by atoms with Crippen LogP contribution in [0.1, 0.15) is 52.4 Å². The SMILES string of the molecule is C=CCNCC1CCC(CC(C)CC)CC1. The van der Waals surface area contributed by atoms with E-state index < -0.39 is 0 Å². The van der Waals surface area contributed by atoms with Gasteiger partial charge in [-0.25, -0.2) is 0 Å². The van der Waals surface area contributed by atoms with E-state index in [1.807, 2.05) is 6.08 Å². The second kappa shape index (κ2) is 7.89. The van der Waals surface area contributed by atoms with Crippen LogP contribution in [0, 0.1) is 17.8 Å². The van der Waals surface area contributed by atoms with Crippen molar-refractivity contribution in [3.8, 4) is 0 Å². The molecule has 0 spiro atoms. The van der Waals surface area contributed by atoms with Crippen LogP contribution in [-0.4, -0.2) is 13.1 Å². The molecule has 94 valence electrons. The summed E-state index contributed by atoms with van der Waals surface area (Å²) in [4.78, 5) is 0. The highest BCUT2D eigenvalue weighted by atomic mass is 14.8. The van der Waals surface area contributed by atoms with E-state index in [-0.39, 0.29) is 0 Å². The Morgan fingerprint density at radius 1 is 1.25 bits per heavy atom. The van der Waals surface area contributed by atoms with Crippen molar-refractivity contribution in [1.29, 1.82) is 0 Å². The first-order chi connectivity index (χ1) is 7.76. The van der Waals surface area contributed by atoms with E-state index in [2.05, 4.69) is 25.7 Å². The summed E-state index contributed by atoms with van der Waals surface area (Å²) < 4.78 is 0. The fourth-order valence-electron chi connectivity index (χ4n) is 2.80. The molecule has 0 saturated heterocycles. The zero-order valence-electron chi connectivity index (χ0n) is 11.2. The van der Waals surface area contributed by atoms with Crippen molar-refractivity contribution in [3.63, 3.8) is 0 Å². The minimum Gasteiger partial charge on any atom is -0.313 e. The molecule has 1 N–H and O–H groups in total. The molecular weight excluding hydrogens is 194 g/mol. The normalized spacial score (nSPS) is 27.6. The van der Waals surface area contributed by atoms with Gasteiger partial charge in [-0.05, 0) is 43.6 Å². The first-order valence-corrected chi connectivity index (χ1v) is 7.07. The molecule has 1 rings (SSSR count). The number of hydrogen-bond acceptors (Lipinski definition) is 1. The second-order valence-corrected chi connectivity index (χ2v) is 5.58. The summed E-state index contributed by atoms with van der Waals surface area (Å²) in [5.41, 5.74) is 0. The van der Waals surface area contributed by atoms with Crippen LogP contribution in [0.5, 0.6) is 0 Å². The molecule has 1 nitrogen and oxygen atoms in total.